The fraction of sp³-hybridized carbons (Fsp3) is 0.875. The number of rotatable bonds is 1. The van der Waals surface area contributed by atoms with Gasteiger partial charge in [0.15, 0.2) is 0 Å². The van der Waals surface area contributed by atoms with Crippen LogP contribution in [0.15, 0.2) is 0 Å². The lowest BCUT2D eigenvalue weighted by Gasteiger charge is -2.31. The van der Waals surface area contributed by atoms with E-state index < -0.39 is 10.8 Å². The van der Waals surface area contributed by atoms with Crippen molar-refractivity contribution >= 4 is 16.7 Å². The summed E-state index contributed by atoms with van der Waals surface area (Å²) in [7, 11) is -0.980. The Morgan fingerprint density at radius 3 is 2.58 bits per heavy atom. The molecule has 0 spiro atoms. The third-order valence-electron chi connectivity index (χ3n) is 2.12. The molecule has 0 aromatic heterocycles. The van der Waals surface area contributed by atoms with Gasteiger partial charge in [-0.1, -0.05) is 13.8 Å². The average molecular weight is 189 g/mol. The monoisotopic (exact) mass is 189 g/mol. The quantitative estimate of drug-likeness (QED) is 0.644. The first-order chi connectivity index (χ1) is 5.52. The summed E-state index contributed by atoms with van der Waals surface area (Å²) in [6, 6.07) is 0.0482. The molecule has 70 valence electrons. The van der Waals surface area contributed by atoms with Crippen molar-refractivity contribution in [3.8, 4) is 0 Å². The van der Waals surface area contributed by atoms with Gasteiger partial charge in [0.1, 0.15) is 5.75 Å². The van der Waals surface area contributed by atoms with Gasteiger partial charge in [-0.2, -0.15) is 0 Å². The summed E-state index contributed by atoms with van der Waals surface area (Å²) in [5.41, 5.74) is 0. The van der Waals surface area contributed by atoms with Crippen LogP contribution in [0.1, 0.15) is 20.8 Å². The maximum absolute atomic E-state index is 11.5. The van der Waals surface area contributed by atoms with Crippen LogP contribution in [0.4, 0.5) is 0 Å². The summed E-state index contributed by atoms with van der Waals surface area (Å²) in [6.45, 7) is 5.99. The Labute approximate surface area is 75.4 Å². The maximum Gasteiger partial charge on any atom is 0.232 e. The minimum Gasteiger partial charge on any atom is -0.352 e. The Hall–Kier alpha value is -0.380. The Morgan fingerprint density at radius 2 is 2.17 bits per heavy atom. The number of carbonyl (C=O) groups is 1. The highest BCUT2D eigenvalue weighted by Gasteiger charge is 2.33. The first-order valence-electron chi connectivity index (χ1n) is 4.19. The fourth-order valence-corrected chi connectivity index (χ4v) is 3.38. The summed E-state index contributed by atoms with van der Waals surface area (Å²) >= 11 is 0. The van der Waals surface area contributed by atoms with E-state index in [2.05, 4.69) is 5.32 Å². The second kappa shape index (κ2) is 3.56. The smallest absolute Gasteiger partial charge is 0.232 e. The highest BCUT2D eigenvalue weighted by molar-refractivity contribution is 7.86. The summed E-state index contributed by atoms with van der Waals surface area (Å²) in [4.78, 5) is 10.9. The van der Waals surface area contributed by atoms with E-state index in [9.17, 15) is 9.00 Å². The molecule has 1 N–H and O–H groups in total. The van der Waals surface area contributed by atoms with Crippen LogP contribution in [-0.4, -0.2) is 27.2 Å². The van der Waals surface area contributed by atoms with Gasteiger partial charge < -0.3 is 5.32 Å². The highest BCUT2D eigenvalue weighted by Crippen LogP contribution is 2.17. The van der Waals surface area contributed by atoms with Crippen LogP contribution < -0.4 is 5.32 Å². The third-order valence-corrected chi connectivity index (χ3v) is 4.22. The molecular formula is C8H15NO2S. The molecule has 1 rings (SSSR count). The molecule has 3 atom stereocenters. The summed E-state index contributed by atoms with van der Waals surface area (Å²) in [5.74, 6) is 0.451. The second-order valence-corrected chi connectivity index (χ2v) is 5.18. The first-order valence-corrected chi connectivity index (χ1v) is 5.57. The molecule has 3 unspecified atom stereocenters. The zero-order valence-corrected chi connectivity index (χ0v) is 8.48. The van der Waals surface area contributed by atoms with Crippen molar-refractivity contribution < 1.29 is 9.00 Å². The minimum absolute atomic E-state index is 0.0482. The zero-order chi connectivity index (χ0) is 9.30. The minimum atomic E-state index is -0.980. The van der Waals surface area contributed by atoms with Gasteiger partial charge in [-0.3, -0.25) is 9.00 Å². The standard InChI is InChI=1S/C8H15NO2S/c1-5(2)8-6(3)9-7(10)4-12(8)11/h5-6,8H,4H2,1-3H3,(H,9,10). The van der Waals surface area contributed by atoms with Crippen molar-refractivity contribution in [2.24, 2.45) is 5.92 Å². The third kappa shape index (κ3) is 1.86. The summed E-state index contributed by atoms with van der Waals surface area (Å²) < 4.78 is 11.5. The van der Waals surface area contributed by atoms with Gasteiger partial charge in [-0.05, 0) is 12.8 Å². The van der Waals surface area contributed by atoms with E-state index in [1.54, 1.807) is 0 Å². The van der Waals surface area contributed by atoms with Crippen molar-refractivity contribution in [1.29, 1.82) is 0 Å². The van der Waals surface area contributed by atoms with Crippen LogP contribution in [0, 0.1) is 5.92 Å². The number of amides is 1. The van der Waals surface area contributed by atoms with Gasteiger partial charge in [0, 0.05) is 16.8 Å². The van der Waals surface area contributed by atoms with Crippen molar-refractivity contribution in [3.05, 3.63) is 0 Å². The van der Waals surface area contributed by atoms with E-state index >= 15 is 0 Å². The maximum atomic E-state index is 11.5. The number of hydrogen-bond acceptors (Lipinski definition) is 2. The lowest BCUT2D eigenvalue weighted by molar-refractivity contribution is -0.119. The van der Waals surface area contributed by atoms with Gasteiger partial charge in [0.25, 0.3) is 0 Å². The SMILES string of the molecule is CC(C)C1C(C)NC(=O)CS1=O. The van der Waals surface area contributed by atoms with Crippen LogP contribution in [0.25, 0.3) is 0 Å². The number of hydrogen-bond donors (Lipinski definition) is 1. The van der Waals surface area contributed by atoms with Gasteiger partial charge >= 0.3 is 0 Å². The average Bonchev–Trinajstić information content (AvgIpc) is 1.82. The summed E-state index contributed by atoms with van der Waals surface area (Å²) in [5, 5.41) is 2.92. The molecule has 1 aliphatic heterocycles. The van der Waals surface area contributed by atoms with Crippen LogP contribution in [0.2, 0.25) is 0 Å². The van der Waals surface area contributed by atoms with Crippen LogP contribution in [0.5, 0.6) is 0 Å². The second-order valence-electron chi connectivity index (χ2n) is 3.59. The van der Waals surface area contributed by atoms with Crippen LogP contribution in [-0.2, 0) is 15.6 Å². The number of nitrogens with one attached hydrogen (secondary N) is 1. The lowest BCUT2D eigenvalue weighted by Crippen LogP contribution is -2.53. The van der Waals surface area contributed by atoms with E-state index in [1.165, 1.54) is 0 Å². The Balaban J connectivity index is 2.73. The first kappa shape index (κ1) is 9.71. The molecule has 4 heteroatoms. The molecular weight excluding hydrogens is 174 g/mol. The Kier molecular flexibility index (Phi) is 2.88. The zero-order valence-electron chi connectivity index (χ0n) is 7.66. The van der Waals surface area contributed by atoms with Crippen molar-refractivity contribution in [2.45, 2.75) is 32.1 Å². The van der Waals surface area contributed by atoms with Crippen molar-refractivity contribution in [1.82, 2.24) is 5.32 Å². The lowest BCUT2D eigenvalue weighted by atomic mass is 10.0. The van der Waals surface area contributed by atoms with Crippen molar-refractivity contribution in [2.75, 3.05) is 5.75 Å². The number of carbonyl (C=O) groups excluding carboxylic acids is 1. The molecule has 0 aromatic rings. The molecule has 1 fully saturated rings. The molecule has 1 heterocycles. The Morgan fingerprint density at radius 1 is 1.58 bits per heavy atom. The normalized spacial score (nSPS) is 36.7. The van der Waals surface area contributed by atoms with Gasteiger partial charge in [-0.25, -0.2) is 0 Å². The van der Waals surface area contributed by atoms with Gasteiger partial charge in [0.2, 0.25) is 5.91 Å². The molecule has 0 aromatic carbocycles. The Bertz CT molecular complexity index is 215. The fourth-order valence-electron chi connectivity index (χ4n) is 1.71. The molecule has 0 aliphatic carbocycles. The van der Waals surface area contributed by atoms with E-state index in [-0.39, 0.29) is 23.0 Å². The molecule has 1 amide bonds. The van der Waals surface area contributed by atoms with E-state index in [0.29, 0.717) is 5.92 Å². The van der Waals surface area contributed by atoms with Gasteiger partial charge in [0.05, 0.1) is 5.25 Å². The molecule has 0 bridgehead atoms. The molecule has 0 radical (unpaired) electrons. The van der Waals surface area contributed by atoms with E-state index in [4.69, 9.17) is 0 Å². The molecule has 1 saturated heterocycles. The largest absolute Gasteiger partial charge is 0.352 e. The molecule has 0 saturated carbocycles. The molecule has 12 heavy (non-hydrogen) atoms. The van der Waals surface area contributed by atoms with E-state index in [1.807, 2.05) is 20.8 Å². The summed E-state index contributed by atoms with van der Waals surface area (Å²) in [6.07, 6.45) is 0. The molecule has 3 nitrogen and oxygen atoms in total. The molecule has 1 aliphatic rings. The predicted molar refractivity (Wildman–Crippen MR) is 49.2 cm³/mol. The van der Waals surface area contributed by atoms with Crippen molar-refractivity contribution in [3.63, 3.8) is 0 Å². The van der Waals surface area contributed by atoms with E-state index in [0.717, 1.165) is 0 Å². The van der Waals surface area contributed by atoms with Gasteiger partial charge in [-0.15, -0.1) is 0 Å². The highest BCUT2D eigenvalue weighted by atomic mass is 32.2. The predicted octanol–water partition coefficient (Wildman–Crippen LogP) is 0.278. The topological polar surface area (TPSA) is 46.2 Å². The van der Waals surface area contributed by atoms with Crippen LogP contribution >= 0.6 is 0 Å². The van der Waals surface area contributed by atoms with Crippen LogP contribution in [0.3, 0.4) is 0 Å².